The van der Waals surface area contributed by atoms with Crippen molar-refractivity contribution < 1.29 is 18.0 Å². The van der Waals surface area contributed by atoms with Gasteiger partial charge in [0.2, 0.25) is 5.91 Å². The lowest BCUT2D eigenvalue weighted by Gasteiger charge is -2.29. The summed E-state index contributed by atoms with van der Waals surface area (Å²) >= 11 is 0. The minimum Gasteiger partial charge on any atom is -0.372 e. The highest BCUT2D eigenvalue weighted by molar-refractivity contribution is 5.93. The number of benzene rings is 1. The molecule has 1 amide bonds. The summed E-state index contributed by atoms with van der Waals surface area (Å²) in [6, 6.07) is 5.49. The van der Waals surface area contributed by atoms with Crippen molar-refractivity contribution >= 4 is 17.3 Å². The van der Waals surface area contributed by atoms with Gasteiger partial charge >= 0.3 is 6.18 Å². The highest BCUT2D eigenvalue weighted by Crippen LogP contribution is 2.37. The van der Waals surface area contributed by atoms with Gasteiger partial charge in [0.25, 0.3) is 0 Å². The molecule has 0 aliphatic carbocycles. The van der Waals surface area contributed by atoms with E-state index in [4.69, 9.17) is 5.26 Å². The van der Waals surface area contributed by atoms with Crippen molar-refractivity contribution in [2.75, 3.05) is 23.3 Å². The first-order chi connectivity index (χ1) is 10.4. The molecule has 7 heteroatoms. The monoisotopic (exact) mass is 311 g/mol. The van der Waals surface area contributed by atoms with Crippen LogP contribution < -0.4 is 10.2 Å². The molecule has 4 nitrogen and oxygen atoms in total. The van der Waals surface area contributed by atoms with Crippen LogP contribution in [0.4, 0.5) is 24.5 Å². The molecule has 1 saturated heterocycles. The topological polar surface area (TPSA) is 56.1 Å². The first kappa shape index (κ1) is 16.1. The molecule has 0 saturated carbocycles. The Morgan fingerprint density at radius 3 is 2.55 bits per heavy atom. The van der Waals surface area contributed by atoms with E-state index in [1.54, 1.807) is 12.1 Å². The number of halogens is 3. The third-order valence-corrected chi connectivity index (χ3v) is 3.54. The van der Waals surface area contributed by atoms with Crippen molar-refractivity contribution in [3.63, 3.8) is 0 Å². The van der Waals surface area contributed by atoms with E-state index in [2.05, 4.69) is 5.32 Å². The number of carbonyl (C=O) groups is 1. The molecule has 118 valence electrons. The molecule has 1 N–H and O–H groups in total. The summed E-state index contributed by atoms with van der Waals surface area (Å²) in [6.45, 7) is 1.47. The summed E-state index contributed by atoms with van der Waals surface area (Å²) in [5.41, 5.74) is -0.694. The third kappa shape index (κ3) is 3.91. The summed E-state index contributed by atoms with van der Waals surface area (Å²) in [5.74, 6) is -0.751. The first-order valence-electron chi connectivity index (χ1n) is 7.05. The van der Waals surface area contributed by atoms with Crippen LogP contribution in [0.1, 0.15) is 31.2 Å². The van der Waals surface area contributed by atoms with Gasteiger partial charge in [-0.1, -0.05) is 0 Å². The van der Waals surface area contributed by atoms with Crippen LogP contribution >= 0.6 is 0 Å². The Kier molecular flexibility index (Phi) is 4.91. The van der Waals surface area contributed by atoms with Crippen LogP contribution in [0.15, 0.2) is 18.2 Å². The van der Waals surface area contributed by atoms with E-state index in [-0.39, 0.29) is 5.69 Å². The van der Waals surface area contributed by atoms with Gasteiger partial charge in [-0.3, -0.25) is 4.79 Å². The zero-order valence-corrected chi connectivity index (χ0v) is 11.9. The van der Waals surface area contributed by atoms with Crippen LogP contribution in [-0.2, 0) is 11.0 Å². The number of alkyl halides is 3. The van der Waals surface area contributed by atoms with Crippen LogP contribution in [0.3, 0.4) is 0 Å². The Balaban J connectivity index is 2.30. The highest BCUT2D eigenvalue weighted by atomic mass is 19.4. The molecular weight excluding hydrogens is 295 g/mol. The molecule has 1 aliphatic rings. The van der Waals surface area contributed by atoms with Gasteiger partial charge in [-0.15, -0.1) is 0 Å². The van der Waals surface area contributed by atoms with Gasteiger partial charge in [0.1, 0.15) is 6.42 Å². The zero-order chi connectivity index (χ0) is 16.2. The van der Waals surface area contributed by atoms with Gasteiger partial charge in [-0.05, 0) is 37.5 Å². The minimum absolute atomic E-state index is 0.312. The maximum atomic E-state index is 13.2. The quantitative estimate of drug-likeness (QED) is 0.929. The molecule has 1 aromatic rings. The fraction of sp³-hybridized carbons (Fsp3) is 0.467. The van der Waals surface area contributed by atoms with Gasteiger partial charge in [-0.2, -0.15) is 18.4 Å². The van der Waals surface area contributed by atoms with E-state index in [0.717, 1.165) is 38.4 Å². The Morgan fingerprint density at radius 2 is 1.95 bits per heavy atom. The molecule has 0 spiro atoms. The van der Waals surface area contributed by atoms with Gasteiger partial charge in [0.15, 0.2) is 0 Å². The summed E-state index contributed by atoms with van der Waals surface area (Å²) in [7, 11) is 0. The highest BCUT2D eigenvalue weighted by Gasteiger charge is 2.34. The van der Waals surface area contributed by atoms with Crippen molar-refractivity contribution in [2.24, 2.45) is 0 Å². The van der Waals surface area contributed by atoms with Gasteiger partial charge in [0.05, 0.1) is 17.3 Å². The van der Waals surface area contributed by atoms with Crippen molar-refractivity contribution in [3.05, 3.63) is 23.8 Å². The maximum Gasteiger partial charge on any atom is 0.418 e. The first-order valence-corrected chi connectivity index (χ1v) is 7.05. The van der Waals surface area contributed by atoms with Crippen LogP contribution in [0.2, 0.25) is 0 Å². The molecule has 0 radical (unpaired) electrons. The van der Waals surface area contributed by atoms with Crippen LogP contribution in [0.25, 0.3) is 0 Å². The van der Waals surface area contributed by atoms with Crippen LogP contribution in [0.5, 0.6) is 0 Å². The van der Waals surface area contributed by atoms with Gasteiger partial charge in [0, 0.05) is 18.8 Å². The Morgan fingerprint density at radius 1 is 1.27 bits per heavy atom. The average molecular weight is 311 g/mol. The Labute approximate surface area is 126 Å². The SMILES string of the molecule is N#CCC(=O)Nc1ccc(N2CCCCC2)cc1C(F)(F)F. The second-order valence-electron chi connectivity index (χ2n) is 5.16. The molecule has 0 bridgehead atoms. The lowest BCUT2D eigenvalue weighted by Crippen LogP contribution is -2.29. The fourth-order valence-electron chi connectivity index (χ4n) is 2.49. The third-order valence-electron chi connectivity index (χ3n) is 3.54. The summed E-state index contributed by atoms with van der Waals surface area (Å²) in [5, 5.41) is 10.6. The second-order valence-corrected chi connectivity index (χ2v) is 5.16. The molecule has 1 fully saturated rings. The number of amides is 1. The summed E-state index contributed by atoms with van der Waals surface area (Å²) in [6.07, 6.45) is -2.04. The van der Waals surface area contributed by atoms with Crippen molar-refractivity contribution in [3.8, 4) is 6.07 Å². The van der Waals surface area contributed by atoms with E-state index in [1.807, 2.05) is 4.90 Å². The van der Waals surface area contributed by atoms with Crippen molar-refractivity contribution in [1.29, 1.82) is 5.26 Å². The number of piperidine rings is 1. The van der Waals surface area contributed by atoms with Crippen molar-refractivity contribution in [2.45, 2.75) is 31.9 Å². The van der Waals surface area contributed by atoms with E-state index in [1.165, 1.54) is 6.07 Å². The molecule has 2 rings (SSSR count). The number of hydrogen-bond acceptors (Lipinski definition) is 3. The molecular formula is C15H16F3N3O. The lowest BCUT2D eigenvalue weighted by molar-refractivity contribution is -0.136. The van der Waals surface area contributed by atoms with Crippen LogP contribution in [0, 0.1) is 11.3 Å². The van der Waals surface area contributed by atoms with E-state index in [0.29, 0.717) is 5.69 Å². The molecule has 0 aromatic heterocycles. The Bertz CT molecular complexity index is 587. The average Bonchev–Trinajstić information content (AvgIpc) is 2.47. The number of anilines is 2. The van der Waals surface area contributed by atoms with Gasteiger partial charge in [-0.25, -0.2) is 0 Å². The fourth-order valence-corrected chi connectivity index (χ4v) is 2.49. The van der Waals surface area contributed by atoms with E-state index in [9.17, 15) is 18.0 Å². The molecule has 1 aliphatic heterocycles. The number of hydrogen-bond donors (Lipinski definition) is 1. The number of rotatable bonds is 3. The molecule has 0 unspecified atom stereocenters. The number of nitrogens with zero attached hydrogens (tertiary/aromatic N) is 2. The lowest BCUT2D eigenvalue weighted by atomic mass is 10.1. The zero-order valence-electron chi connectivity index (χ0n) is 11.9. The number of nitriles is 1. The minimum atomic E-state index is -4.57. The smallest absolute Gasteiger partial charge is 0.372 e. The molecule has 22 heavy (non-hydrogen) atoms. The summed E-state index contributed by atoms with van der Waals surface area (Å²) in [4.78, 5) is 13.3. The molecule has 1 aromatic carbocycles. The number of nitrogens with one attached hydrogen (secondary N) is 1. The standard InChI is InChI=1S/C15H16F3N3O/c16-15(17,18)12-10-11(21-8-2-1-3-9-21)4-5-13(12)20-14(22)6-7-19/h4-5,10H,1-3,6,8-9H2,(H,20,22). The van der Waals surface area contributed by atoms with E-state index < -0.39 is 24.1 Å². The maximum absolute atomic E-state index is 13.2. The largest absolute Gasteiger partial charge is 0.418 e. The second kappa shape index (κ2) is 6.69. The van der Waals surface area contributed by atoms with Crippen molar-refractivity contribution in [1.82, 2.24) is 0 Å². The predicted octanol–water partition coefficient (Wildman–Crippen LogP) is 3.55. The Hall–Kier alpha value is -2.23. The predicted molar refractivity (Wildman–Crippen MR) is 76.4 cm³/mol. The van der Waals surface area contributed by atoms with Gasteiger partial charge < -0.3 is 10.2 Å². The summed E-state index contributed by atoms with van der Waals surface area (Å²) < 4.78 is 39.6. The van der Waals surface area contributed by atoms with Crippen LogP contribution in [-0.4, -0.2) is 19.0 Å². The molecule has 1 heterocycles. The number of carbonyl (C=O) groups excluding carboxylic acids is 1. The van der Waals surface area contributed by atoms with E-state index >= 15 is 0 Å². The molecule has 0 atom stereocenters. The normalized spacial score (nSPS) is 15.3.